The van der Waals surface area contributed by atoms with Gasteiger partial charge in [-0.05, 0) is 25.2 Å². The summed E-state index contributed by atoms with van der Waals surface area (Å²) in [7, 11) is 0. The van der Waals surface area contributed by atoms with Crippen LogP contribution in [0, 0.1) is 11.8 Å². The van der Waals surface area contributed by atoms with Gasteiger partial charge < -0.3 is 10.4 Å². The molecule has 0 heterocycles. The summed E-state index contributed by atoms with van der Waals surface area (Å²) in [4.78, 5) is 12.0. The van der Waals surface area contributed by atoms with Crippen LogP contribution in [0.4, 0.5) is 0 Å². The van der Waals surface area contributed by atoms with Crippen molar-refractivity contribution in [2.45, 2.75) is 59.3 Å². The number of carbonyl (C=O) groups is 1. The van der Waals surface area contributed by atoms with Crippen molar-refractivity contribution >= 4 is 5.91 Å². The van der Waals surface area contributed by atoms with Crippen LogP contribution < -0.4 is 5.32 Å². The molecule has 0 bridgehead atoms. The molecule has 0 aromatic carbocycles. The van der Waals surface area contributed by atoms with Crippen LogP contribution in [0.3, 0.4) is 0 Å². The highest BCUT2D eigenvalue weighted by Gasteiger charge is 2.17. The number of hydrogen-bond donors (Lipinski definition) is 2. The summed E-state index contributed by atoms with van der Waals surface area (Å²) in [5.74, 6) is 0.787. The minimum atomic E-state index is 0.177. The topological polar surface area (TPSA) is 49.3 Å². The predicted octanol–water partition coefficient (Wildman–Crippen LogP) is 2.73. The molecule has 0 aliphatic carbocycles. The molecule has 0 radical (unpaired) electrons. The first-order chi connectivity index (χ1) is 8.19. The first-order valence-electron chi connectivity index (χ1n) is 7.08. The molecular formula is C14H29NO2. The second-order valence-electron chi connectivity index (χ2n) is 4.81. The first kappa shape index (κ1) is 16.4. The van der Waals surface area contributed by atoms with Gasteiger partial charge in [0.2, 0.25) is 5.91 Å². The molecule has 0 aliphatic rings. The van der Waals surface area contributed by atoms with Gasteiger partial charge in [0.1, 0.15) is 0 Å². The van der Waals surface area contributed by atoms with Crippen molar-refractivity contribution in [2.24, 2.45) is 11.8 Å². The number of aliphatic hydroxyl groups excluding tert-OH is 1. The SMILES string of the molecule is CCCC(CCC)C(=O)NCC(CC)CCO. The molecule has 0 fully saturated rings. The number of carbonyl (C=O) groups excluding carboxylic acids is 1. The van der Waals surface area contributed by atoms with E-state index in [1.165, 1.54) is 0 Å². The van der Waals surface area contributed by atoms with Crippen LogP contribution in [-0.2, 0) is 4.79 Å². The zero-order valence-corrected chi connectivity index (χ0v) is 11.7. The van der Waals surface area contributed by atoms with Crippen LogP contribution in [-0.4, -0.2) is 24.2 Å². The van der Waals surface area contributed by atoms with Gasteiger partial charge in [0.05, 0.1) is 0 Å². The molecule has 1 amide bonds. The molecule has 0 saturated carbocycles. The van der Waals surface area contributed by atoms with Crippen molar-refractivity contribution in [1.82, 2.24) is 5.32 Å². The Labute approximate surface area is 106 Å². The molecule has 0 aliphatic heterocycles. The van der Waals surface area contributed by atoms with Crippen molar-refractivity contribution in [3.63, 3.8) is 0 Å². The monoisotopic (exact) mass is 243 g/mol. The molecular weight excluding hydrogens is 214 g/mol. The molecule has 1 unspecified atom stereocenters. The maximum absolute atomic E-state index is 12.0. The second-order valence-corrected chi connectivity index (χ2v) is 4.81. The van der Waals surface area contributed by atoms with Gasteiger partial charge in [-0.25, -0.2) is 0 Å². The highest BCUT2D eigenvalue weighted by atomic mass is 16.3. The van der Waals surface area contributed by atoms with E-state index in [4.69, 9.17) is 5.11 Å². The summed E-state index contributed by atoms with van der Waals surface area (Å²) < 4.78 is 0. The fourth-order valence-electron chi connectivity index (χ4n) is 2.13. The van der Waals surface area contributed by atoms with Crippen molar-refractivity contribution in [1.29, 1.82) is 0 Å². The van der Waals surface area contributed by atoms with Gasteiger partial charge in [0.15, 0.2) is 0 Å². The van der Waals surface area contributed by atoms with Gasteiger partial charge in [-0.1, -0.05) is 40.0 Å². The summed E-state index contributed by atoms with van der Waals surface area (Å²) in [6.45, 7) is 7.26. The Balaban J connectivity index is 4.02. The number of aliphatic hydroxyl groups is 1. The zero-order valence-electron chi connectivity index (χ0n) is 11.7. The third-order valence-electron chi connectivity index (χ3n) is 3.32. The molecule has 3 nitrogen and oxygen atoms in total. The highest BCUT2D eigenvalue weighted by Crippen LogP contribution is 2.14. The number of rotatable bonds is 10. The summed E-state index contributed by atoms with van der Waals surface area (Å²) in [6.07, 6.45) is 5.88. The van der Waals surface area contributed by atoms with Gasteiger partial charge in [0, 0.05) is 19.1 Å². The Morgan fingerprint density at radius 2 is 1.71 bits per heavy atom. The lowest BCUT2D eigenvalue weighted by Crippen LogP contribution is -2.34. The molecule has 102 valence electrons. The first-order valence-corrected chi connectivity index (χ1v) is 7.08. The Bertz CT molecular complexity index is 189. The maximum atomic E-state index is 12.0. The van der Waals surface area contributed by atoms with E-state index < -0.39 is 0 Å². The van der Waals surface area contributed by atoms with E-state index in [2.05, 4.69) is 26.1 Å². The number of amides is 1. The summed E-state index contributed by atoms with van der Waals surface area (Å²) in [5, 5.41) is 11.9. The Kier molecular flexibility index (Phi) is 10.2. The summed E-state index contributed by atoms with van der Waals surface area (Å²) in [5.41, 5.74) is 0. The van der Waals surface area contributed by atoms with E-state index in [1.807, 2.05) is 0 Å². The molecule has 0 saturated heterocycles. The lowest BCUT2D eigenvalue weighted by molar-refractivity contribution is -0.125. The highest BCUT2D eigenvalue weighted by molar-refractivity contribution is 5.78. The quantitative estimate of drug-likeness (QED) is 0.620. The molecule has 1 atom stereocenters. The predicted molar refractivity (Wildman–Crippen MR) is 71.8 cm³/mol. The summed E-state index contributed by atoms with van der Waals surface area (Å²) in [6, 6.07) is 0. The fraction of sp³-hybridized carbons (Fsp3) is 0.929. The normalized spacial score (nSPS) is 12.8. The molecule has 3 heteroatoms. The van der Waals surface area contributed by atoms with Gasteiger partial charge in [-0.3, -0.25) is 4.79 Å². The third-order valence-corrected chi connectivity index (χ3v) is 3.32. The lowest BCUT2D eigenvalue weighted by Gasteiger charge is -2.18. The fourth-order valence-corrected chi connectivity index (χ4v) is 2.13. The van der Waals surface area contributed by atoms with Crippen molar-refractivity contribution < 1.29 is 9.90 Å². The van der Waals surface area contributed by atoms with E-state index >= 15 is 0 Å². The Morgan fingerprint density at radius 3 is 2.12 bits per heavy atom. The van der Waals surface area contributed by atoms with Crippen molar-refractivity contribution in [3.05, 3.63) is 0 Å². The average molecular weight is 243 g/mol. The van der Waals surface area contributed by atoms with E-state index in [1.54, 1.807) is 0 Å². The second kappa shape index (κ2) is 10.6. The van der Waals surface area contributed by atoms with Crippen LogP contribution in [0.2, 0.25) is 0 Å². The summed E-state index contributed by atoms with van der Waals surface area (Å²) >= 11 is 0. The van der Waals surface area contributed by atoms with E-state index in [9.17, 15) is 4.79 Å². The molecule has 0 aromatic heterocycles. The Hall–Kier alpha value is -0.570. The zero-order chi connectivity index (χ0) is 13.1. The molecule has 0 rings (SSSR count). The van der Waals surface area contributed by atoms with Crippen LogP contribution >= 0.6 is 0 Å². The minimum Gasteiger partial charge on any atom is -0.396 e. The number of nitrogens with one attached hydrogen (secondary N) is 1. The van der Waals surface area contributed by atoms with E-state index in [-0.39, 0.29) is 18.4 Å². The molecule has 17 heavy (non-hydrogen) atoms. The van der Waals surface area contributed by atoms with Crippen molar-refractivity contribution in [2.75, 3.05) is 13.2 Å². The van der Waals surface area contributed by atoms with Gasteiger partial charge >= 0.3 is 0 Å². The smallest absolute Gasteiger partial charge is 0.223 e. The standard InChI is InChI=1S/C14H29NO2/c1-4-7-13(8-5-2)14(17)15-11-12(6-3)9-10-16/h12-13,16H,4-11H2,1-3H3,(H,15,17). The van der Waals surface area contributed by atoms with Gasteiger partial charge in [-0.15, -0.1) is 0 Å². The third kappa shape index (κ3) is 7.37. The average Bonchev–Trinajstić information content (AvgIpc) is 2.33. The molecule has 2 N–H and O–H groups in total. The number of hydrogen-bond acceptors (Lipinski definition) is 2. The minimum absolute atomic E-state index is 0.177. The van der Waals surface area contributed by atoms with Crippen LogP contribution in [0.5, 0.6) is 0 Å². The van der Waals surface area contributed by atoms with E-state index in [0.29, 0.717) is 12.5 Å². The Morgan fingerprint density at radius 1 is 1.12 bits per heavy atom. The largest absolute Gasteiger partial charge is 0.396 e. The molecule has 0 aromatic rings. The lowest BCUT2D eigenvalue weighted by atomic mass is 9.96. The van der Waals surface area contributed by atoms with Crippen LogP contribution in [0.25, 0.3) is 0 Å². The van der Waals surface area contributed by atoms with E-state index in [0.717, 1.165) is 38.5 Å². The van der Waals surface area contributed by atoms with Crippen LogP contribution in [0.1, 0.15) is 59.3 Å². The van der Waals surface area contributed by atoms with Gasteiger partial charge in [0.25, 0.3) is 0 Å². The van der Waals surface area contributed by atoms with Gasteiger partial charge in [-0.2, -0.15) is 0 Å². The van der Waals surface area contributed by atoms with Crippen LogP contribution in [0.15, 0.2) is 0 Å². The van der Waals surface area contributed by atoms with Crippen molar-refractivity contribution in [3.8, 4) is 0 Å². The maximum Gasteiger partial charge on any atom is 0.223 e. The molecule has 0 spiro atoms.